The predicted molar refractivity (Wildman–Crippen MR) is 41.5 cm³/mol. The van der Waals surface area contributed by atoms with Gasteiger partial charge in [-0.15, -0.1) is 0 Å². The van der Waals surface area contributed by atoms with Gasteiger partial charge in [0.2, 0.25) is 0 Å². The summed E-state index contributed by atoms with van der Waals surface area (Å²) in [7, 11) is 1.39. The molecule has 0 N–H and O–H groups in total. The van der Waals surface area contributed by atoms with Crippen LogP contribution in [-0.4, -0.2) is 9.13 Å². The predicted octanol–water partition coefficient (Wildman–Crippen LogP) is -0.247. The van der Waals surface area contributed by atoms with Gasteiger partial charge in [0.25, 0.3) is 5.56 Å². The summed E-state index contributed by atoms with van der Waals surface area (Å²) in [6.07, 6.45) is 1.32. The molecule has 0 unspecified atom stereocenters. The van der Waals surface area contributed by atoms with Gasteiger partial charge >= 0.3 is 5.69 Å². The summed E-state index contributed by atoms with van der Waals surface area (Å²) in [6, 6.07) is 2.34. The van der Waals surface area contributed by atoms with Crippen LogP contribution in [0.5, 0.6) is 0 Å². The third-order valence-corrected chi connectivity index (χ3v) is 1.53. The van der Waals surface area contributed by atoms with Crippen molar-refractivity contribution in [1.82, 2.24) is 9.13 Å². The monoisotopic (exact) mass is 173 g/mol. The van der Waals surface area contributed by atoms with E-state index in [2.05, 4.69) is 0 Å². The van der Waals surface area contributed by atoms with Gasteiger partial charge in [-0.1, -0.05) is 11.6 Å². The van der Waals surface area contributed by atoms with Crippen LogP contribution in [0.1, 0.15) is 0 Å². The first-order valence-electron chi connectivity index (χ1n) is 2.88. The highest BCUT2D eigenvalue weighted by molar-refractivity contribution is 6.22. The van der Waals surface area contributed by atoms with Crippen molar-refractivity contribution in [2.75, 3.05) is 0 Å². The van der Waals surface area contributed by atoms with Crippen LogP contribution in [0.3, 0.4) is 0 Å². The van der Waals surface area contributed by atoms with E-state index < -0.39 is 5.69 Å². The summed E-state index contributed by atoms with van der Waals surface area (Å²) >= 11 is 5.28. The van der Waals surface area contributed by atoms with E-state index in [9.17, 15) is 9.59 Å². The smallest absolute Gasteiger partial charge is 0.280 e. The largest absolute Gasteiger partial charge is 0.332 e. The van der Waals surface area contributed by atoms with Crippen LogP contribution < -0.4 is 11.2 Å². The van der Waals surface area contributed by atoms with Gasteiger partial charge in [0.1, 0.15) is 6.00 Å². The van der Waals surface area contributed by atoms with Crippen LogP contribution in [0.15, 0.2) is 21.9 Å². The molecule has 0 aliphatic carbocycles. The maximum Gasteiger partial charge on any atom is 0.332 e. The maximum absolute atomic E-state index is 11.0. The average molecular weight is 174 g/mol. The van der Waals surface area contributed by atoms with Gasteiger partial charge in [-0.25, -0.2) is 4.79 Å². The zero-order chi connectivity index (χ0) is 8.43. The Morgan fingerprint density at radius 3 is 2.73 bits per heavy atom. The molecule has 0 aromatic carbocycles. The lowest BCUT2D eigenvalue weighted by Crippen LogP contribution is -2.35. The lowest BCUT2D eigenvalue weighted by Gasteiger charge is -1.99. The molecule has 0 aliphatic rings. The molecule has 1 rings (SSSR count). The Bertz CT molecular complexity index is 366. The summed E-state index contributed by atoms with van der Waals surface area (Å²) < 4.78 is 2.09. The van der Waals surface area contributed by atoms with Gasteiger partial charge in [0.05, 0.1) is 0 Å². The van der Waals surface area contributed by atoms with Gasteiger partial charge in [-0.2, -0.15) is 0 Å². The molecule has 0 bridgehead atoms. The third kappa shape index (κ3) is 1.35. The molecule has 0 saturated heterocycles. The second-order valence-electron chi connectivity index (χ2n) is 2.00. The fourth-order valence-electron chi connectivity index (χ4n) is 0.661. The van der Waals surface area contributed by atoms with E-state index in [-0.39, 0.29) is 5.56 Å². The van der Waals surface area contributed by atoms with E-state index in [0.717, 1.165) is 15.1 Å². The molecule has 0 atom stereocenters. The van der Waals surface area contributed by atoms with Crippen LogP contribution in [-0.2, 0) is 7.05 Å². The Morgan fingerprint density at radius 2 is 2.18 bits per heavy atom. The quantitative estimate of drug-likeness (QED) is 0.588. The van der Waals surface area contributed by atoms with Crippen LogP contribution >= 0.6 is 11.6 Å². The molecule has 11 heavy (non-hydrogen) atoms. The molecular formula is C6H6ClN2O2. The fourth-order valence-corrected chi connectivity index (χ4v) is 0.810. The Morgan fingerprint density at radius 1 is 1.55 bits per heavy atom. The molecule has 1 aromatic heterocycles. The van der Waals surface area contributed by atoms with Crippen molar-refractivity contribution in [3.05, 3.63) is 39.1 Å². The maximum atomic E-state index is 11.0. The lowest BCUT2D eigenvalue weighted by molar-refractivity contribution is 0.720. The van der Waals surface area contributed by atoms with E-state index in [4.69, 9.17) is 11.6 Å². The highest BCUT2D eigenvalue weighted by atomic mass is 35.5. The molecule has 1 heterocycles. The molecule has 0 spiro atoms. The van der Waals surface area contributed by atoms with Crippen molar-refractivity contribution < 1.29 is 0 Å². The highest BCUT2D eigenvalue weighted by Crippen LogP contribution is 1.83. The Balaban J connectivity index is 3.50. The van der Waals surface area contributed by atoms with Crippen molar-refractivity contribution in [3.8, 4) is 0 Å². The Hall–Kier alpha value is -1.03. The molecule has 5 heteroatoms. The molecular weight excluding hydrogens is 168 g/mol. The van der Waals surface area contributed by atoms with Crippen molar-refractivity contribution in [2.24, 2.45) is 7.05 Å². The summed E-state index contributed by atoms with van der Waals surface area (Å²) in [5.74, 6) is 0. The van der Waals surface area contributed by atoms with Crippen LogP contribution in [0, 0.1) is 6.00 Å². The number of hydrogen-bond donors (Lipinski definition) is 0. The molecule has 1 aromatic rings. The first-order chi connectivity index (χ1) is 5.16. The number of aromatic nitrogens is 2. The first-order valence-corrected chi connectivity index (χ1v) is 3.32. The lowest BCUT2D eigenvalue weighted by atomic mass is 10.6. The van der Waals surface area contributed by atoms with Crippen molar-refractivity contribution >= 4 is 11.6 Å². The van der Waals surface area contributed by atoms with E-state index in [1.165, 1.54) is 19.3 Å². The number of nitrogens with zero attached hydrogens (tertiary/aromatic N) is 2. The molecule has 0 amide bonds. The van der Waals surface area contributed by atoms with Crippen LogP contribution in [0.25, 0.3) is 0 Å². The van der Waals surface area contributed by atoms with Gasteiger partial charge < -0.3 is 0 Å². The topological polar surface area (TPSA) is 44.0 Å². The number of rotatable bonds is 1. The van der Waals surface area contributed by atoms with E-state index in [0.29, 0.717) is 0 Å². The van der Waals surface area contributed by atoms with Gasteiger partial charge in [-0.3, -0.25) is 13.9 Å². The van der Waals surface area contributed by atoms with E-state index in [1.54, 1.807) is 0 Å². The van der Waals surface area contributed by atoms with Gasteiger partial charge in [0, 0.05) is 19.3 Å². The highest BCUT2D eigenvalue weighted by Gasteiger charge is 1.97. The molecule has 1 radical (unpaired) electrons. The zero-order valence-corrected chi connectivity index (χ0v) is 6.58. The standard InChI is InChI=1S/C6H6ClN2O2/c1-8-5(10)2-3-9(4-7)6(8)11/h2-4H,1H3. The fraction of sp³-hybridized carbons (Fsp3) is 0.167. The zero-order valence-electron chi connectivity index (χ0n) is 5.82. The normalized spacial score (nSPS) is 10.0. The minimum absolute atomic E-state index is 0.343. The summed E-state index contributed by atoms with van der Waals surface area (Å²) in [5, 5.41) is 0. The van der Waals surface area contributed by atoms with E-state index in [1.807, 2.05) is 0 Å². The van der Waals surface area contributed by atoms with Crippen molar-refractivity contribution in [1.29, 1.82) is 0 Å². The average Bonchev–Trinajstić information content (AvgIpc) is 2.01. The SMILES string of the molecule is Cn1c(=O)ccn([CH]Cl)c1=O. The summed E-state index contributed by atoms with van der Waals surface area (Å²) in [6.45, 7) is 0. The Labute approximate surface area is 67.6 Å². The van der Waals surface area contributed by atoms with Gasteiger partial charge in [-0.05, 0) is 0 Å². The second-order valence-corrected chi connectivity index (χ2v) is 2.20. The van der Waals surface area contributed by atoms with Crippen molar-refractivity contribution in [2.45, 2.75) is 0 Å². The van der Waals surface area contributed by atoms with E-state index >= 15 is 0 Å². The summed E-state index contributed by atoms with van der Waals surface area (Å²) in [5.41, 5.74) is -0.794. The van der Waals surface area contributed by atoms with Crippen molar-refractivity contribution in [3.63, 3.8) is 0 Å². The first kappa shape index (κ1) is 8.07. The third-order valence-electron chi connectivity index (χ3n) is 1.32. The van der Waals surface area contributed by atoms with Gasteiger partial charge in [0.15, 0.2) is 0 Å². The molecule has 4 nitrogen and oxygen atoms in total. The minimum atomic E-state index is -0.451. The van der Waals surface area contributed by atoms with Crippen LogP contribution in [0.4, 0.5) is 0 Å². The molecule has 0 fully saturated rings. The second kappa shape index (κ2) is 2.92. The number of hydrogen-bond acceptors (Lipinski definition) is 2. The Kier molecular flexibility index (Phi) is 2.14. The molecule has 59 valence electrons. The molecule has 0 aliphatic heterocycles. The number of halogens is 1. The minimum Gasteiger partial charge on any atom is -0.280 e. The molecule has 0 saturated carbocycles. The van der Waals surface area contributed by atoms with Crippen LogP contribution in [0.2, 0.25) is 0 Å². The summed E-state index contributed by atoms with van der Waals surface area (Å²) in [4.78, 5) is 21.8.